The fraction of sp³-hybridized carbons (Fsp3) is 0.648. The number of unbranched alkanes of at least 4 members (excludes halogenated alkanes) is 23. The van der Waals surface area contributed by atoms with Crippen LogP contribution < -0.4 is 0 Å². The number of carbonyl (C=O) groups is 3. The van der Waals surface area contributed by atoms with Gasteiger partial charge in [0.1, 0.15) is 13.2 Å². The van der Waals surface area contributed by atoms with E-state index in [-0.39, 0.29) is 37.5 Å². The molecule has 0 aliphatic heterocycles. The van der Waals surface area contributed by atoms with Crippen LogP contribution in [0.4, 0.5) is 0 Å². The van der Waals surface area contributed by atoms with Gasteiger partial charge in [-0.2, -0.15) is 0 Å². The van der Waals surface area contributed by atoms with E-state index in [2.05, 4.69) is 154 Å². The zero-order chi connectivity index (χ0) is 55.7. The van der Waals surface area contributed by atoms with E-state index in [4.69, 9.17) is 14.2 Å². The van der Waals surface area contributed by atoms with Crippen molar-refractivity contribution in [2.75, 3.05) is 13.2 Å². The molecule has 0 heterocycles. The van der Waals surface area contributed by atoms with Crippen molar-refractivity contribution in [1.29, 1.82) is 0 Å². The Balaban J connectivity index is 4.50. The Hall–Kier alpha value is -4.45. The smallest absolute Gasteiger partial charge is 0.306 e. The van der Waals surface area contributed by atoms with Gasteiger partial charge in [0.25, 0.3) is 0 Å². The Morgan fingerprint density at radius 1 is 0.273 bits per heavy atom. The summed E-state index contributed by atoms with van der Waals surface area (Å²) in [6.07, 6.45) is 90.2. The van der Waals surface area contributed by atoms with Gasteiger partial charge in [-0.3, -0.25) is 14.4 Å². The van der Waals surface area contributed by atoms with Crippen molar-refractivity contribution in [3.63, 3.8) is 0 Å². The summed E-state index contributed by atoms with van der Waals surface area (Å²) in [7, 11) is 0. The number of esters is 3. The van der Waals surface area contributed by atoms with Crippen LogP contribution in [0.2, 0.25) is 0 Å². The zero-order valence-corrected chi connectivity index (χ0v) is 49.9. The van der Waals surface area contributed by atoms with Crippen LogP contribution >= 0.6 is 0 Å². The number of carbonyl (C=O) groups excluding carboxylic acids is 3. The average molecular weight is 1070 g/mol. The number of hydrogen-bond acceptors (Lipinski definition) is 6. The minimum Gasteiger partial charge on any atom is -0.462 e. The number of hydrogen-bond donors (Lipinski definition) is 0. The molecule has 0 aliphatic carbocycles. The first-order valence-corrected chi connectivity index (χ1v) is 31.7. The molecule has 0 amide bonds. The Kier molecular flexibility index (Phi) is 60.4. The summed E-state index contributed by atoms with van der Waals surface area (Å²) in [6.45, 7) is 6.38. The number of allylic oxidation sites excluding steroid dienone is 22. The van der Waals surface area contributed by atoms with E-state index in [9.17, 15) is 14.4 Å². The molecule has 0 saturated heterocycles. The highest BCUT2D eigenvalue weighted by molar-refractivity contribution is 5.71. The lowest BCUT2D eigenvalue weighted by Gasteiger charge is -2.18. The third kappa shape index (κ3) is 62.3. The maximum Gasteiger partial charge on any atom is 0.306 e. The summed E-state index contributed by atoms with van der Waals surface area (Å²) in [5, 5.41) is 0. The van der Waals surface area contributed by atoms with Gasteiger partial charge < -0.3 is 14.2 Å². The van der Waals surface area contributed by atoms with Crippen molar-refractivity contribution < 1.29 is 28.6 Å². The van der Waals surface area contributed by atoms with Crippen molar-refractivity contribution in [3.8, 4) is 0 Å². The topological polar surface area (TPSA) is 78.9 Å². The molecule has 0 spiro atoms. The van der Waals surface area contributed by atoms with Crippen molar-refractivity contribution in [2.45, 2.75) is 284 Å². The molecular weight excluding hydrogens is 949 g/mol. The van der Waals surface area contributed by atoms with E-state index < -0.39 is 6.10 Å². The second-order valence-corrected chi connectivity index (χ2v) is 20.6. The second-order valence-electron chi connectivity index (χ2n) is 20.6. The molecule has 6 nitrogen and oxygen atoms in total. The van der Waals surface area contributed by atoms with Crippen LogP contribution in [0, 0.1) is 0 Å². The zero-order valence-electron chi connectivity index (χ0n) is 49.9. The molecule has 0 bridgehead atoms. The van der Waals surface area contributed by atoms with Gasteiger partial charge in [-0.1, -0.05) is 276 Å². The molecular formula is C71H116O6. The van der Waals surface area contributed by atoms with Crippen LogP contribution in [0.5, 0.6) is 0 Å². The van der Waals surface area contributed by atoms with Gasteiger partial charge >= 0.3 is 17.9 Å². The quantitative estimate of drug-likeness (QED) is 0.0261. The van der Waals surface area contributed by atoms with E-state index in [0.717, 1.165) is 148 Å². The Morgan fingerprint density at radius 3 is 0.805 bits per heavy atom. The summed E-state index contributed by atoms with van der Waals surface area (Å²) in [6, 6.07) is 0. The molecule has 0 rings (SSSR count). The van der Waals surface area contributed by atoms with Crippen LogP contribution in [0.1, 0.15) is 278 Å². The highest BCUT2D eigenvalue weighted by atomic mass is 16.6. The molecule has 6 heteroatoms. The predicted octanol–water partition coefficient (Wildman–Crippen LogP) is 21.8. The van der Waals surface area contributed by atoms with Gasteiger partial charge in [0.2, 0.25) is 0 Å². The maximum atomic E-state index is 12.9. The standard InChI is InChI=1S/C71H116O6/c1-4-7-10-13-16-19-22-25-28-31-33-34-35-36-38-40-43-46-49-52-55-58-61-64-70(73)76-67-68(66-75-69(72)63-60-57-54-51-48-45-42-39-30-27-24-21-18-15-12-9-6-3)77-71(74)65-62-59-56-53-50-47-44-41-37-32-29-26-23-20-17-14-11-8-5-2/h7-8,10-11,16-17,19-20,25-26,28-29,33-34,36-38,41,43,46-47,50,68H,4-6,9,12-15,18,21-24,27,30-32,35,39-40,42,44-45,48-49,51-67H2,1-3H3/b10-7-,11-8-,19-16-,20-17-,28-25-,29-26-,34-33-,38-36-,41-37-,46-43-,50-47-. The second kappa shape index (κ2) is 64.1. The van der Waals surface area contributed by atoms with E-state index in [1.54, 1.807) is 0 Å². The van der Waals surface area contributed by atoms with Crippen LogP contribution in [0.3, 0.4) is 0 Å². The first kappa shape index (κ1) is 72.5. The molecule has 0 aromatic rings. The average Bonchev–Trinajstić information content (AvgIpc) is 3.43. The largest absolute Gasteiger partial charge is 0.462 e. The summed E-state index contributed by atoms with van der Waals surface area (Å²) < 4.78 is 16.9. The molecule has 1 unspecified atom stereocenters. The number of ether oxygens (including phenoxy) is 3. The lowest BCUT2D eigenvalue weighted by atomic mass is 10.0. The maximum absolute atomic E-state index is 12.9. The van der Waals surface area contributed by atoms with Crippen LogP contribution in [-0.2, 0) is 28.6 Å². The minimum atomic E-state index is -0.811. The van der Waals surface area contributed by atoms with Gasteiger partial charge in [-0.15, -0.1) is 0 Å². The van der Waals surface area contributed by atoms with Crippen molar-refractivity contribution >= 4 is 17.9 Å². The van der Waals surface area contributed by atoms with E-state index in [0.29, 0.717) is 12.8 Å². The molecule has 0 N–H and O–H groups in total. The highest BCUT2D eigenvalue weighted by Gasteiger charge is 2.19. The number of rotatable bonds is 56. The van der Waals surface area contributed by atoms with Gasteiger partial charge in [0, 0.05) is 19.3 Å². The summed E-state index contributed by atoms with van der Waals surface area (Å²) >= 11 is 0. The molecule has 436 valence electrons. The fourth-order valence-corrected chi connectivity index (χ4v) is 8.47. The monoisotopic (exact) mass is 1060 g/mol. The summed E-state index contributed by atoms with van der Waals surface area (Å²) in [5.74, 6) is -0.956. The molecule has 0 saturated carbocycles. The fourth-order valence-electron chi connectivity index (χ4n) is 8.47. The molecule has 1 atom stereocenters. The van der Waals surface area contributed by atoms with Crippen molar-refractivity contribution in [2.24, 2.45) is 0 Å². The van der Waals surface area contributed by atoms with Gasteiger partial charge in [0.05, 0.1) is 0 Å². The molecule has 0 radical (unpaired) electrons. The lowest BCUT2D eigenvalue weighted by molar-refractivity contribution is -0.167. The molecule has 77 heavy (non-hydrogen) atoms. The van der Waals surface area contributed by atoms with Crippen molar-refractivity contribution in [1.82, 2.24) is 0 Å². The van der Waals surface area contributed by atoms with Crippen LogP contribution in [-0.4, -0.2) is 37.2 Å². The molecule has 0 fully saturated rings. The third-order valence-electron chi connectivity index (χ3n) is 13.2. The molecule has 0 aromatic heterocycles. The Labute approximate surface area is 475 Å². The Bertz CT molecular complexity index is 1650. The minimum absolute atomic E-state index is 0.102. The molecule has 0 aromatic carbocycles. The third-order valence-corrected chi connectivity index (χ3v) is 13.2. The van der Waals surface area contributed by atoms with E-state index in [1.807, 2.05) is 0 Å². The van der Waals surface area contributed by atoms with E-state index in [1.165, 1.54) is 89.9 Å². The first-order chi connectivity index (χ1) is 38.0. The van der Waals surface area contributed by atoms with Crippen LogP contribution in [0.25, 0.3) is 0 Å². The first-order valence-electron chi connectivity index (χ1n) is 31.7. The van der Waals surface area contributed by atoms with Gasteiger partial charge in [0.15, 0.2) is 6.10 Å². The highest BCUT2D eigenvalue weighted by Crippen LogP contribution is 2.16. The van der Waals surface area contributed by atoms with Gasteiger partial charge in [-0.25, -0.2) is 0 Å². The predicted molar refractivity (Wildman–Crippen MR) is 334 cm³/mol. The lowest BCUT2D eigenvalue weighted by Crippen LogP contribution is -2.30. The SMILES string of the molecule is CC/C=C\C/C=C\C/C=C\C/C=C\C/C=C\C/C=C\CCCCCCC(=O)OCC(COC(=O)CCCCCCCCCCCCCCCCCCC)OC(=O)CCCCC/C=C\C/C=C\C/C=C\C/C=C\C/C=C\CC. The Morgan fingerprint density at radius 2 is 0.506 bits per heavy atom. The summed E-state index contributed by atoms with van der Waals surface area (Å²) in [4.78, 5) is 38.3. The van der Waals surface area contributed by atoms with Crippen LogP contribution in [0.15, 0.2) is 134 Å². The molecule has 0 aliphatic rings. The van der Waals surface area contributed by atoms with Gasteiger partial charge in [-0.05, 0) is 116 Å². The summed E-state index contributed by atoms with van der Waals surface area (Å²) in [5.41, 5.74) is 0. The normalized spacial score (nSPS) is 13.0. The van der Waals surface area contributed by atoms with E-state index >= 15 is 0 Å². The van der Waals surface area contributed by atoms with Crippen molar-refractivity contribution in [3.05, 3.63) is 134 Å².